The predicted octanol–water partition coefficient (Wildman–Crippen LogP) is 3.03. The fraction of sp³-hybridized carbons (Fsp3) is 0.357. The van der Waals surface area contributed by atoms with Crippen molar-refractivity contribution in [3.05, 3.63) is 35.4 Å². The number of nitrogen functional groups attached to an aromatic ring is 1. The summed E-state index contributed by atoms with van der Waals surface area (Å²) in [4.78, 5) is 6.75. The Bertz CT molecular complexity index is 600. The van der Waals surface area contributed by atoms with Gasteiger partial charge in [-0.2, -0.15) is 0 Å². The average Bonchev–Trinajstić information content (AvgIpc) is 2.71. The third kappa shape index (κ3) is 2.40. The molecule has 94 valence electrons. The molecule has 0 spiro atoms. The summed E-state index contributed by atoms with van der Waals surface area (Å²) in [5, 5.41) is 0.652. The summed E-state index contributed by atoms with van der Waals surface area (Å²) >= 11 is 1.56. The van der Waals surface area contributed by atoms with Gasteiger partial charge in [0.05, 0.1) is 10.2 Å². The standard InChI is InChI=1S/C14H17N3S/c1-10-4-6-17(7-5-10)9-11-2-3-12-13(8-11)18-14(15)16-12/h2-4,8H,5-7,9H2,1H3,(H2,15,16). The molecule has 0 atom stereocenters. The number of anilines is 1. The molecule has 0 radical (unpaired) electrons. The molecule has 1 aromatic carbocycles. The summed E-state index contributed by atoms with van der Waals surface area (Å²) in [7, 11) is 0. The van der Waals surface area contributed by atoms with Gasteiger partial charge in [0.15, 0.2) is 5.13 Å². The Morgan fingerprint density at radius 1 is 1.44 bits per heavy atom. The first-order chi connectivity index (χ1) is 8.70. The van der Waals surface area contributed by atoms with Gasteiger partial charge in [-0.3, -0.25) is 4.90 Å². The Labute approximate surface area is 111 Å². The molecule has 3 nitrogen and oxygen atoms in total. The van der Waals surface area contributed by atoms with Crippen LogP contribution in [0.2, 0.25) is 0 Å². The molecule has 1 aliphatic heterocycles. The van der Waals surface area contributed by atoms with Gasteiger partial charge in [-0.25, -0.2) is 4.98 Å². The van der Waals surface area contributed by atoms with E-state index in [1.807, 2.05) is 0 Å². The topological polar surface area (TPSA) is 42.2 Å². The van der Waals surface area contributed by atoms with Gasteiger partial charge < -0.3 is 5.73 Å². The first-order valence-corrected chi connectivity index (χ1v) is 7.05. The van der Waals surface area contributed by atoms with Crippen LogP contribution >= 0.6 is 11.3 Å². The third-order valence-electron chi connectivity index (χ3n) is 3.40. The maximum atomic E-state index is 5.73. The number of aromatic nitrogens is 1. The van der Waals surface area contributed by atoms with Crippen LogP contribution in [0.3, 0.4) is 0 Å². The van der Waals surface area contributed by atoms with Gasteiger partial charge in [0.2, 0.25) is 0 Å². The molecule has 3 rings (SSSR count). The van der Waals surface area contributed by atoms with Crippen LogP contribution in [0, 0.1) is 0 Å². The molecule has 0 fully saturated rings. The first-order valence-electron chi connectivity index (χ1n) is 6.23. The lowest BCUT2D eigenvalue weighted by molar-refractivity contribution is 0.286. The lowest BCUT2D eigenvalue weighted by Crippen LogP contribution is -2.27. The minimum atomic E-state index is 0.652. The van der Waals surface area contributed by atoms with Gasteiger partial charge in [0.25, 0.3) is 0 Å². The molecule has 0 unspecified atom stereocenters. The van der Waals surface area contributed by atoms with Crippen molar-refractivity contribution in [3.8, 4) is 0 Å². The molecule has 1 aliphatic rings. The van der Waals surface area contributed by atoms with E-state index < -0.39 is 0 Å². The Kier molecular flexibility index (Phi) is 3.06. The second-order valence-electron chi connectivity index (χ2n) is 4.89. The molecular formula is C14H17N3S. The van der Waals surface area contributed by atoms with Crippen molar-refractivity contribution in [2.24, 2.45) is 0 Å². The normalized spacial score (nSPS) is 17.1. The summed E-state index contributed by atoms with van der Waals surface area (Å²) in [5.74, 6) is 0. The van der Waals surface area contributed by atoms with Gasteiger partial charge in [-0.1, -0.05) is 29.1 Å². The highest BCUT2D eigenvalue weighted by Crippen LogP contribution is 2.25. The number of nitrogens with two attached hydrogens (primary N) is 1. The van der Waals surface area contributed by atoms with Crippen molar-refractivity contribution in [1.82, 2.24) is 9.88 Å². The summed E-state index contributed by atoms with van der Waals surface area (Å²) < 4.78 is 1.19. The van der Waals surface area contributed by atoms with Crippen molar-refractivity contribution in [3.63, 3.8) is 0 Å². The van der Waals surface area contributed by atoms with E-state index in [1.54, 1.807) is 11.3 Å². The number of hydrogen-bond acceptors (Lipinski definition) is 4. The van der Waals surface area contributed by atoms with Crippen LogP contribution in [0.15, 0.2) is 29.8 Å². The minimum Gasteiger partial charge on any atom is -0.375 e. The first kappa shape index (κ1) is 11.7. The number of rotatable bonds is 2. The van der Waals surface area contributed by atoms with E-state index >= 15 is 0 Å². The molecule has 0 saturated carbocycles. The summed E-state index contributed by atoms with van der Waals surface area (Å²) in [6, 6.07) is 6.45. The van der Waals surface area contributed by atoms with Crippen molar-refractivity contribution in [1.29, 1.82) is 0 Å². The summed E-state index contributed by atoms with van der Waals surface area (Å²) in [6.07, 6.45) is 3.52. The van der Waals surface area contributed by atoms with E-state index in [4.69, 9.17) is 5.73 Å². The molecule has 1 aromatic heterocycles. The summed E-state index contributed by atoms with van der Waals surface area (Å²) in [5.41, 5.74) is 9.60. The zero-order chi connectivity index (χ0) is 12.5. The molecule has 0 bridgehead atoms. The van der Waals surface area contributed by atoms with E-state index in [0.29, 0.717) is 5.13 Å². The molecule has 18 heavy (non-hydrogen) atoms. The van der Waals surface area contributed by atoms with E-state index in [0.717, 1.165) is 25.2 Å². The maximum absolute atomic E-state index is 5.73. The quantitative estimate of drug-likeness (QED) is 0.843. The second kappa shape index (κ2) is 4.71. The highest BCUT2D eigenvalue weighted by atomic mass is 32.1. The van der Waals surface area contributed by atoms with E-state index in [-0.39, 0.29) is 0 Å². The molecule has 2 N–H and O–H groups in total. The maximum Gasteiger partial charge on any atom is 0.181 e. The lowest BCUT2D eigenvalue weighted by atomic mass is 10.1. The Balaban J connectivity index is 1.78. The third-order valence-corrected chi connectivity index (χ3v) is 4.24. The van der Waals surface area contributed by atoms with Gasteiger partial charge in [0, 0.05) is 19.6 Å². The van der Waals surface area contributed by atoms with Crippen molar-refractivity contribution in [2.75, 3.05) is 18.8 Å². The van der Waals surface area contributed by atoms with Crippen LogP contribution in [-0.4, -0.2) is 23.0 Å². The highest BCUT2D eigenvalue weighted by Gasteiger charge is 2.10. The monoisotopic (exact) mass is 259 g/mol. The Morgan fingerprint density at radius 2 is 2.33 bits per heavy atom. The van der Waals surface area contributed by atoms with Crippen LogP contribution < -0.4 is 5.73 Å². The lowest BCUT2D eigenvalue weighted by Gasteiger charge is -2.25. The SMILES string of the molecule is CC1=CCN(Cc2ccc3nc(N)sc3c2)CC1. The fourth-order valence-electron chi connectivity index (χ4n) is 2.30. The molecular weight excluding hydrogens is 242 g/mol. The van der Waals surface area contributed by atoms with Crippen LogP contribution in [-0.2, 0) is 6.54 Å². The molecule has 0 saturated heterocycles. The molecule has 2 aromatic rings. The van der Waals surface area contributed by atoms with E-state index in [2.05, 4.69) is 41.1 Å². The van der Waals surface area contributed by atoms with Crippen LogP contribution in [0.25, 0.3) is 10.2 Å². The number of hydrogen-bond donors (Lipinski definition) is 1. The van der Waals surface area contributed by atoms with Crippen molar-refractivity contribution in [2.45, 2.75) is 19.9 Å². The average molecular weight is 259 g/mol. The number of nitrogens with zero attached hydrogens (tertiary/aromatic N) is 2. The highest BCUT2D eigenvalue weighted by molar-refractivity contribution is 7.22. The molecule has 2 heterocycles. The van der Waals surface area contributed by atoms with Gasteiger partial charge in [0.1, 0.15) is 0 Å². The Hall–Kier alpha value is -1.39. The van der Waals surface area contributed by atoms with E-state index in [1.165, 1.54) is 22.3 Å². The summed E-state index contributed by atoms with van der Waals surface area (Å²) in [6.45, 7) is 5.45. The molecule has 4 heteroatoms. The van der Waals surface area contributed by atoms with Crippen LogP contribution in [0.5, 0.6) is 0 Å². The zero-order valence-electron chi connectivity index (χ0n) is 10.5. The predicted molar refractivity (Wildman–Crippen MR) is 77.7 cm³/mol. The van der Waals surface area contributed by atoms with Crippen LogP contribution in [0.4, 0.5) is 5.13 Å². The number of fused-ring (bicyclic) bond motifs is 1. The fourth-order valence-corrected chi connectivity index (χ4v) is 3.10. The number of thiazole rings is 1. The molecule has 0 amide bonds. The second-order valence-corrected chi connectivity index (χ2v) is 5.95. The van der Waals surface area contributed by atoms with E-state index in [9.17, 15) is 0 Å². The largest absolute Gasteiger partial charge is 0.375 e. The number of benzene rings is 1. The van der Waals surface area contributed by atoms with Crippen molar-refractivity contribution < 1.29 is 0 Å². The zero-order valence-corrected chi connectivity index (χ0v) is 11.3. The van der Waals surface area contributed by atoms with Gasteiger partial charge in [-0.15, -0.1) is 0 Å². The minimum absolute atomic E-state index is 0.652. The van der Waals surface area contributed by atoms with Gasteiger partial charge in [-0.05, 0) is 31.0 Å². The Morgan fingerprint density at radius 3 is 3.11 bits per heavy atom. The van der Waals surface area contributed by atoms with Crippen LogP contribution in [0.1, 0.15) is 18.9 Å². The smallest absolute Gasteiger partial charge is 0.181 e. The van der Waals surface area contributed by atoms with Gasteiger partial charge >= 0.3 is 0 Å². The molecule has 0 aliphatic carbocycles. The van der Waals surface area contributed by atoms with Crippen molar-refractivity contribution >= 4 is 26.7 Å².